The fourth-order valence-corrected chi connectivity index (χ4v) is 4.88. The van der Waals surface area contributed by atoms with E-state index in [9.17, 15) is 9.59 Å². The van der Waals surface area contributed by atoms with Crippen LogP contribution in [0.1, 0.15) is 42.4 Å². The van der Waals surface area contributed by atoms with Gasteiger partial charge in [0.15, 0.2) is 13.2 Å². The first-order valence-corrected chi connectivity index (χ1v) is 12.1. The molecule has 1 aromatic carbocycles. The number of carbonyl (C=O) groups excluding carboxylic acids is 2. The summed E-state index contributed by atoms with van der Waals surface area (Å²) in [6.07, 6.45) is 7.81. The maximum absolute atomic E-state index is 13.2. The van der Waals surface area contributed by atoms with Gasteiger partial charge in [-0.1, -0.05) is 11.6 Å². The molecule has 0 saturated heterocycles. The lowest BCUT2D eigenvalue weighted by Crippen LogP contribution is -2.34. The van der Waals surface area contributed by atoms with Crippen LogP contribution in [0.25, 0.3) is 6.08 Å². The van der Waals surface area contributed by atoms with Crippen LogP contribution in [0.15, 0.2) is 74.5 Å². The highest BCUT2D eigenvalue weighted by Gasteiger charge is 2.45. The number of amides is 1. The van der Waals surface area contributed by atoms with E-state index >= 15 is 0 Å². The van der Waals surface area contributed by atoms with Crippen molar-refractivity contribution in [3.63, 3.8) is 0 Å². The van der Waals surface area contributed by atoms with Crippen LogP contribution in [0.4, 0.5) is 0 Å². The summed E-state index contributed by atoms with van der Waals surface area (Å²) in [5.41, 5.74) is 2.65. The van der Waals surface area contributed by atoms with E-state index in [1.165, 1.54) is 5.01 Å². The molecule has 9 heteroatoms. The Kier molecular flexibility index (Phi) is 6.95. The Bertz CT molecular complexity index is 1300. The average molecular weight is 509 g/mol. The Hall–Kier alpha value is -3.78. The SMILES string of the molecule is Cc1cc(Cl)ccc1OCC(=O)OCC(=O)N1N=C2C(=Cc3ccco3)CCCC2C1c1ccco1. The van der Waals surface area contributed by atoms with Gasteiger partial charge in [0.2, 0.25) is 0 Å². The smallest absolute Gasteiger partial charge is 0.344 e. The van der Waals surface area contributed by atoms with Crippen LogP contribution in [0.5, 0.6) is 5.75 Å². The molecule has 2 atom stereocenters. The largest absolute Gasteiger partial charge is 0.482 e. The Labute approximate surface area is 213 Å². The zero-order valence-electron chi connectivity index (χ0n) is 19.7. The average Bonchev–Trinajstić information content (AvgIpc) is 3.63. The standard InChI is InChI=1S/C27H25ClN2O6/c1-17-13-19(28)9-10-22(17)35-16-25(32)36-15-24(31)30-27(23-8-4-12-34-23)21-7-2-5-18(26(21)29-30)14-20-6-3-11-33-20/h3-4,6,8-14,21,27H,2,5,7,15-16H2,1H3. The minimum Gasteiger partial charge on any atom is -0.482 e. The van der Waals surface area contributed by atoms with E-state index in [0.29, 0.717) is 16.5 Å². The number of rotatable bonds is 7. The highest BCUT2D eigenvalue weighted by molar-refractivity contribution is 6.30. The molecular formula is C27H25ClN2O6. The molecule has 0 spiro atoms. The number of ether oxygens (including phenoxy) is 2. The van der Waals surface area contributed by atoms with Crippen LogP contribution in [-0.2, 0) is 14.3 Å². The number of hydrazone groups is 1. The fourth-order valence-electron chi connectivity index (χ4n) is 4.65. The Balaban J connectivity index is 1.28. The molecule has 3 heterocycles. The molecule has 1 fully saturated rings. The van der Waals surface area contributed by atoms with Crippen molar-refractivity contribution in [3.05, 3.63) is 82.7 Å². The second-order valence-electron chi connectivity index (χ2n) is 8.73. The summed E-state index contributed by atoms with van der Waals surface area (Å²) in [6, 6.07) is 12.0. The lowest BCUT2D eigenvalue weighted by molar-refractivity contribution is -0.154. The molecule has 1 saturated carbocycles. The van der Waals surface area contributed by atoms with Gasteiger partial charge < -0.3 is 18.3 Å². The van der Waals surface area contributed by atoms with Crippen molar-refractivity contribution in [2.24, 2.45) is 11.0 Å². The predicted octanol–water partition coefficient (Wildman–Crippen LogP) is 5.58. The molecule has 0 N–H and O–H groups in total. The van der Waals surface area contributed by atoms with E-state index in [1.807, 2.05) is 31.2 Å². The Morgan fingerprint density at radius 1 is 1.17 bits per heavy atom. The number of hydrogen-bond acceptors (Lipinski definition) is 7. The molecule has 5 rings (SSSR count). The molecule has 36 heavy (non-hydrogen) atoms. The van der Waals surface area contributed by atoms with Crippen LogP contribution < -0.4 is 4.74 Å². The van der Waals surface area contributed by atoms with E-state index in [4.69, 9.17) is 35.0 Å². The Morgan fingerprint density at radius 2 is 2.00 bits per heavy atom. The van der Waals surface area contributed by atoms with Crippen LogP contribution in [0, 0.1) is 12.8 Å². The zero-order chi connectivity index (χ0) is 25.1. The zero-order valence-corrected chi connectivity index (χ0v) is 20.4. The number of halogens is 1. The minimum absolute atomic E-state index is 0.0259. The van der Waals surface area contributed by atoms with Gasteiger partial charge in [0.05, 0.1) is 18.2 Å². The molecule has 1 aliphatic carbocycles. The third kappa shape index (κ3) is 5.09. The normalized spacial score (nSPS) is 20.2. The summed E-state index contributed by atoms with van der Waals surface area (Å²) in [7, 11) is 0. The molecular weight excluding hydrogens is 484 g/mol. The number of aryl methyl sites for hydroxylation is 1. The van der Waals surface area contributed by atoms with Crippen LogP contribution >= 0.6 is 11.6 Å². The summed E-state index contributed by atoms with van der Waals surface area (Å²) in [6.45, 7) is 1.04. The molecule has 2 unspecified atom stereocenters. The molecule has 3 aromatic rings. The lowest BCUT2D eigenvalue weighted by Gasteiger charge is -2.27. The van der Waals surface area contributed by atoms with Crippen molar-refractivity contribution >= 4 is 35.3 Å². The third-order valence-electron chi connectivity index (χ3n) is 6.29. The number of carbonyl (C=O) groups is 2. The predicted molar refractivity (Wildman–Crippen MR) is 132 cm³/mol. The summed E-state index contributed by atoms with van der Waals surface area (Å²) in [4.78, 5) is 25.5. The van der Waals surface area contributed by atoms with Crippen LogP contribution in [0.3, 0.4) is 0 Å². The number of benzene rings is 1. The number of allylic oxidation sites excluding steroid dienone is 1. The van der Waals surface area contributed by atoms with E-state index in [1.54, 1.807) is 36.8 Å². The molecule has 2 aliphatic rings. The Morgan fingerprint density at radius 3 is 2.75 bits per heavy atom. The first kappa shape index (κ1) is 23.9. The highest BCUT2D eigenvalue weighted by Crippen LogP contribution is 2.44. The van der Waals surface area contributed by atoms with E-state index in [2.05, 4.69) is 0 Å². The molecule has 1 amide bonds. The van der Waals surface area contributed by atoms with Crippen molar-refractivity contribution in [3.8, 4) is 5.75 Å². The molecule has 2 aromatic heterocycles. The maximum Gasteiger partial charge on any atom is 0.344 e. The fraction of sp³-hybridized carbons (Fsp3) is 0.296. The van der Waals surface area contributed by atoms with Crippen molar-refractivity contribution in [2.75, 3.05) is 13.2 Å². The van der Waals surface area contributed by atoms with Gasteiger partial charge in [0.1, 0.15) is 23.3 Å². The summed E-state index contributed by atoms with van der Waals surface area (Å²) in [5, 5.41) is 6.66. The quantitative estimate of drug-likeness (QED) is 0.387. The van der Waals surface area contributed by atoms with Crippen LogP contribution in [0.2, 0.25) is 5.02 Å². The lowest BCUT2D eigenvalue weighted by atomic mass is 9.79. The number of esters is 1. The van der Waals surface area contributed by atoms with Gasteiger partial charge in [-0.05, 0) is 85.9 Å². The van der Waals surface area contributed by atoms with Crippen molar-refractivity contribution in [1.29, 1.82) is 0 Å². The van der Waals surface area contributed by atoms with Crippen molar-refractivity contribution < 1.29 is 27.9 Å². The third-order valence-corrected chi connectivity index (χ3v) is 6.53. The number of furan rings is 2. The van der Waals surface area contributed by atoms with Crippen LogP contribution in [-0.4, -0.2) is 35.8 Å². The van der Waals surface area contributed by atoms with E-state index in [-0.39, 0.29) is 12.5 Å². The number of fused-ring (bicyclic) bond motifs is 1. The van der Waals surface area contributed by atoms with Gasteiger partial charge in [-0.3, -0.25) is 4.79 Å². The summed E-state index contributed by atoms with van der Waals surface area (Å²) >= 11 is 5.95. The van der Waals surface area contributed by atoms with E-state index in [0.717, 1.165) is 41.9 Å². The van der Waals surface area contributed by atoms with Gasteiger partial charge in [0, 0.05) is 10.9 Å². The van der Waals surface area contributed by atoms with Crippen molar-refractivity contribution in [2.45, 2.75) is 32.2 Å². The second-order valence-corrected chi connectivity index (χ2v) is 9.16. The molecule has 0 radical (unpaired) electrons. The highest BCUT2D eigenvalue weighted by atomic mass is 35.5. The minimum atomic E-state index is -0.657. The van der Waals surface area contributed by atoms with Gasteiger partial charge in [0.25, 0.3) is 5.91 Å². The molecule has 186 valence electrons. The van der Waals surface area contributed by atoms with E-state index < -0.39 is 24.5 Å². The first-order chi connectivity index (χ1) is 17.5. The topological polar surface area (TPSA) is 94.5 Å². The van der Waals surface area contributed by atoms with Gasteiger partial charge in [-0.2, -0.15) is 5.10 Å². The van der Waals surface area contributed by atoms with Crippen molar-refractivity contribution in [1.82, 2.24) is 5.01 Å². The van der Waals surface area contributed by atoms with Gasteiger partial charge in [-0.15, -0.1) is 0 Å². The van der Waals surface area contributed by atoms with Gasteiger partial charge >= 0.3 is 5.97 Å². The van der Waals surface area contributed by atoms with Gasteiger partial charge in [-0.25, -0.2) is 9.80 Å². The molecule has 0 bridgehead atoms. The monoisotopic (exact) mass is 508 g/mol. The molecule has 1 aliphatic heterocycles. The second kappa shape index (κ2) is 10.5. The number of nitrogens with zero attached hydrogens (tertiary/aromatic N) is 2. The maximum atomic E-state index is 13.2. The number of hydrogen-bond donors (Lipinski definition) is 0. The first-order valence-electron chi connectivity index (χ1n) is 11.7. The molecule has 8 nitrogen and oxygen atoms in total. The summed E-state index contributed by atoms with van der Waals surface area (Å²) < 4.78 is 21.9. The summed E-state index contributed by atoms with van der Waals surface area (Å²) in [5.74, 6) is 0.770.